The Bertz CT molecular complexity index is 866. The van der Waals surface area contributed by atoms with E-state index in [1.165, 1.54) is 11.3 Å². The van der Waals surface area contributed by atoms with Crippen LogP contribution in [-0.4, -0.2) is 17.8 Å². The van der Waals surface area contributed by atoms with Crippen molar-refractivity contribution in [3.05, 3.63) is 51.9 Å². The van der Waals surface area contributed by atoms with Crippen LogP contribution in [0, 0.1) is 19.3 Å². The molecule has 1 aromatic carbocycles. The second kappa shape index (κ2) is 7.92. The van der Waals surface area contributed by atoms with Gasteiger partial charge in [-0.25, -0.2) is 4.79 Å². The smallest absolute Gasteiger partial charge is 0.342 e. The number of aryl methyl sites for hydroxylation is 1. The zero-order valence-corrected chi connectivity index (χ0v) is 16.9. The number of hydrogen-bond donors (Lipinski definition) is 2. The first-order valence-corrected chi connectivity index (χ1v) is 9.30. The predicted octanol–water partition coefficient (Wildman–Crippen LogP) is 3.73. The van der Waals surface area contributed by atoms with E-state index in [2.05, 4.69) is 5.32 Å². The summed E-state index contributed by atoms with van der Waals surface area (Å²) in [6, 6.07) is 8.57. The SMILES string of the molecule is Cc1sc(NC(=O)C(C)(C)C)c(C(=O)OC(C(N)=O)c2ccccc2)c1C. The topological polar surface area (TPSA) is 98.5 Å². The Morgan fingerprint density at radius 2 is 1.70 bits per heavy atom. The highest BCUT2D eigenvalue weighted by molar-refractivity contribution is 7.16. The van der Waals surface area contributed by atoms with Gasteiger partial charge in [-0.3, -0.25) is 9.59 Å². The van der Waals surface area contributed by atoms with E-state index in [0.29, 0.717) is 16.1 Å². The second-order valence-electron chi connectivity index (χ2n) is 7.29. The van der Waals surface area contributed by atoms with Gasteiger partial charge in [0, 0.05) is 15.9 Å². The minimum atomic E-state index is -1.20. The summed E-state index contributed by atoms with van der Waals surface area (Å²) in [4.78, 5) is 37.9. The molecule has 2 amide bonds. The molecule has 2 rings (SSSR count). The molecule has 0 aliphatic heterocycles. The van der Waals surface area contributed by atoms with Crippen LogP contribution >= 0.6 is 11.3 Å². The van der Waals surface area contributed by atoms with Gasteiger partial charge in [0.05, 0.1) is 5.56 Å². The van der Waals surface area contributed by atoms with Gasteiger partial charge in [0.2, 0.25) is 12.0 Å². The van der Waals surface area contributed by atoms with Crippen LogP contribution < -0.4 is 11.1 Å². The third-order valence-corrected chi connectivity index (χ3v) is 5.21. The van der Waals surface area contributed by atoms with Crippen molar-refractivity contribution in [2.24, 2.45) is 11.1 Å². The number of rotatable bonds is 5. The van der Waals surface area contributed by atoms with Crippen molar-refractivity contribution in [3.8, 4) is 0 Å². The van der Waals surface area contributed by atoms with Crippen molar-refractivity contribution in [1.29, 1.82) is 0 Å². The summed E-state index contributed by atoms with van der Waals surface area (Å²) in [6.45, 7) is 8.98. The number of anilines is 1. The zero-order chi connectivity index (χ0) is 20.4. The maximum absolute atomic E-state index is 12.8. The summed E-state index contributed by atoms with van der Waals surface area (Å²) < 4.78 is 5.43. The number of benzene rings is 1. The molecule has 1 aromatic heterocycles. The van der Waals surface area contributed by atoms with Gasteiger partial charge in [-0.2, -0.15) is 0 Å². The molecule has 1 atom stereocenters. The van der Waals surface area contributed by atoms with Crippen molar-refractivity contribution in [3.63, 3.8) is 0 Å². The van der Waals surface area contributed by atoms with Crippen LogP contribution in [0.1, 0.15) is 53.2 Å². The summed E-state index contributed by atoms with van der Waals surface area (Å²) in [5.41, 5.74) is 6.25. The molecular weight excluding hydrogens is 364 g/mol. The molecule has 0 bridgehead atoms. The molecule has 1 heterocycles. The molecule has 0 aliphatic carbocycles. The van der Waals surface area contributed by atoms with Crippen LogP contribution in [0.15, 0.2) is 30.3 Å². The van der Waals surface area contributed by atoms with Gasteiger partial charge in [0.25, 0.3) is 5.91 Å². The molecule has 0 radical (unpaired) electrons. The number of nitrogens with one attached hydrogen (secondary N) is 1. The van der Waals surface area contributed by atoms with E-state index in [4.69, 9.17) is 10.5 Å². The van der Waals surface area contributed by atoms with Crippen molar-refractivity contribution in [2.75, 3.05) is 5.32 Å². The number of esters is 1. The van der Waals surface area contributed by atoms with Crippen LogP contribution in [0.2, 0.25) is 0 Å². The summed E-state index contributed by atoms with van der Waals surface area (Å²) >= 11 is 1.30. The minimum absolute atomic E-state index is 0.215. The lowest BCUT2D eigenvalue weighted by Crippen LogP contribution is -2.29. The van der Waals surface area contributed by atoms with Crippen LogP contribution in [0.3, 0.4) is 0 Å². The number of primary amides is 1. The maximum Gasteiger partial charge on any atom is 0.342 e. The van der Waals surface area contributed by atoms with Gasteiger partial charge in [0.15, 0.2) is 0 Å². The van der Waals surface area contributed by atoms with Crippen molar-refractivity contribution < 1.29 is 19.1 Å². The first kappa shape index (κ1) is 20.6. The van der Waals surface area contributed by atoms with Crippen LogP contribution in [-0.2, 0) is 14.3 Å². The molecule has 3 N–H and O–H groups in total. The molecule has 7 heteroatoms. The molecule has 1 unspecified atom stereocenters. The Morgan fingerprint density at radius 3 is 2.22 bits per heavy atom. The molecule has 144 valence electrons. The number of ether oxygens (including phenoxy) is 1. The normalized spacial score (nSPS) is 12.3. The Labute approximate surface area is 162 Å². The van der Waals surface area contributed by atoms with E-state index >= 15 is 0 Å². The van der Waals surface area contributed by atoms with E-state index in [1.54, 1.807) is 58.0 Å². The molecule has 0 saturated carbocycles. The quantitative estimate of drug-likeness (QED) is 0.762. The predicted molar refractivity (Wildman–Crippen MR) is 106 cm³/mol. The maximum atomic E-state index is 12.8. The van der Waals surface area contributed by atoms with Gasteiger partial charge < -0.3 is 15.8 Å². The monoisotopic (exact) mass is 388 g/mol. The highest BCUT2D eigenvalue weighted by Gasteiger charge is 2.30. The average molecular weight is 388 g/mol. The fourth-order valence-corrected chi connectivity index (χ4v) is 3.38. The zero-order valence-electron chi connectivity index (χ0n) is 16.1. The molecule has 6 nitrogen and oxygen atoms in total. The molecule has 0 saturated heterocycles. The first-order valence-electron chi connectivity index (χ1n) is 8.49. The lowest BCUT2D eigenvalue weighted by Gasteiger charge is -2.18. The average Bonchev–Trinajstić information content (AvgIpc) is 2.86. The lowest BCUT2D eigenvalue weighted by atomic mass is 9.96. The molecular formula is C20H24N2O4S. The summed E-state index contributed by atoms with van der Waals surface area (Å²) in [7, 11) is 0. The number of thiophene rings is 1. The standard InChI is InChI=1S/C20H24N2O4S/c1-11-12(2)27-17(22-19(25)20(3,4)5)14(11)18(24)26-15(16(21)23)13-9-7-6-8-10-13/h6-10,15H,1-5H3,(H2,21,23)(H,22,25). The van der Waals surface area contributed by atoms with Gasteiger partial charge in [-0.05, 0) is 19.4 Å². The Morgan fingerprint density at radius 1 is 1.11 bits per heavy atom. The highest BCUT2D eigenvalue weighted by Crippen LogP contribution is 2.35. The number of nitrogens with two attached hydrogens (primary N) is 1. The van der Waals surface area contributed by atoms with Crippen LogP contribution in [0.4, 0.5) is 5.00 Å². The van der Waals surface area contributed by atoms with Crippen molar-refractivity contribution in [2.45, 2.75) is 40.7 Å². The number of carbonyl (C=O) groups is 3. The molecule has 27 heavy (non-hydrogen) atoms. The van der Waals surface area contributed by atoms with Crippen molar-refractivity contribution >= 4 is 34.1 Å². The molecule has 0 aliphatic rings. The molecule has 2 aromatic rings. The van der Waals surface area contributed by atoms with E-state index in [-0.39, 0.29) is 11.5 Å². The summed E-state index contributed by atoms with van der Waals surface area (Å²) in [5.74, 6) is -1.68. The summed E-state index contributed by atoms with van der Waals surface area (Å²) in [5, 5.41) is 3.21. The van der Waals surface area contributed by atoms with Crippen LogP contribution in [0.25, 0.3) is 0 Å². The van der Waals surface area contributed by atoms with Gasteiger partial charge in [0.1, 0.15) is 5.00 Å². The first-order chi connectivity index (χ1) is 12.5. The second-order valence-corrected chi connectivity index (χ2v) is 8.51. The Kier molecular flexibility index (Phi) is 6.05. The van der Waals surface area contributed by atoms with Gasteiger partial charge >= 0.3 is 5.97 Å². The Balaban J connectivity index is 2.35. The van der Waals surface area contributed by atoms with E-state index in [1.807, 2.05) is 6.92 Å². The lowest BCUT2D eigenvalue weighted by molar-refractivity contribution is -0.127. The van der Waals surface area contributed by atoms with Gasteiger partial charge in [-0.1, -0.05) is 51.1 Å². The third-order valence-electron chi connectivity index (χ3n) is 4.08. The van der Waals surface area contributed by atoms with E-state index < -0.39 is 23.4 Å². The largest absolute Gasteiger partial charge is 0.444 e. The minimum Gasteiger partial charge on any atom is -0.444 e. The third kappa shape index (κ3) is 4.74. The summed E-state index contributed by atoms with van der Waals surface area (Å²) in [6.07, 6.45) is -1.20. The highest BCUT2D eigenvalue weighted by atomic mass is 32.1. The number of carbonyl (C=O) groups excluding carboxylic acids is 3. The number of hydrogen-bond acceptors (Lipinski definition) is 5. The van der Waals surface area contributed by atoms with E-state index in [9.17, 15) is 14.4 Å². The Hall–Kier alpha value is -2.67. The fourth-order valence-electron chi connectivity index (χ4n) is 2.34. The van der Waals surface area contributed by atoms with E-state index in [0.717, 1.165) is 4.88 Å². The van der Waals surface area contributed by atoms with Crippen molar-refractivity contribution in [1.82, 2.24) is 0 Å². The molecule has 0 spiro atoms. The fraction of sp³-hybridized carbons (Fsp3) is 0.350. The van der Waals surface area contributed by atoms with Crippen LogP contribution in [0.5, 0.6) is 0 Å². The number of amides is 2. The van der Waals surface area contributed by atoms with Gasteiger partial charge in [-0.15, -0.1) is 11.3 Å². The molecule has 0 fully saturated rings.